The maximum absolute atomic E-state index is 5.61. The number of ether oxygens (including phenoxy) is 4. The van der Waals surface area contributed by atoms with Crippen molar-refractivity contribution in [1.29, 1.82) is 0 Å². The molecule has 27 heavy (non-hydrogen) atoms. The lowest BCUT2D eigenvalue weighted by molar-refractivity contribution is 0.0300. The van der Waals surface area contributed by atoms with E-state index in [2.05, 4.69) is 45.0 Å². The van der Waals surface area contributed by atoms with Gasteiger partial charge in [-0.3, -0.25) is 0 Å². The zero-order chi connectivity index (χ0) is 19.7. The lowest BCUT2D eigenvalue weighted by Gasteiger charge is -2.08. The molecule has 0 spiro atoms. The minimum Gasteiger partial charge on any atom is -0.501 e. The van der Waals surface area contributed by atoms with Crippen molar-refractivity contribution in [2.75, 3.05) is 39.6 Å². The van der Waals surface area contributed by atoms with Crippen LogP contribution in [0.25, 0.3) is 11.1 Å². The molecule has 4 nitrogen and oxygen atoms in total. The monoisotopic (exact) mass is 376 g/mol. The molecule has 0 aliphatic carbocycles. The third-order valence-corrected chi connectivity index (χ3v) is 3.98. The summed E-state index contributed by atoms with van der Waals surface area (Å²) in [6, 6.07) is 8.39. The van der Waals surface area contributed by atoms with Crippen molar-refractivity contribution in [2.45, 2.75) is 47.0 Å². The molecule has 0 fully saturated rings. The summed E-state index contributed by atoms with van der Waals surface area (Å²) in [5, 5.41) is 0. The zero-order valence-corrected chi connectivity index (χ0v) is 17.5. The van der Waals surface area contributed by atoms with Crippen LogP contribution in [0.5, 0.6) is 0 Å². The van der Waals surface area contributed by atoms with Gasteiger partial charge in [0.1, 0.15) is 6.61 Å². The first-order valence-corrected chi connectivity index (χ1v) is 10.0. The number of hydrogen-bond acceptors (Lipinski definition) is 4. The van der Waals surface area contributed by atoms with Crippen LogP contribution in [-0.4, -0.2) is 39.6 Å². The van der Waals surface area contributed by atoms with E-state index in [1.165, 1.54) is 0 Å². The molecule has 1 aromatic rings. The SMILES string of the molecule is CCCCOCCOCCO/C=C(\C)c1cccc(/C(C)=C/OCCC)c1. The van der Waals surface area contributed by atoms with Gasteiger partial charge >= 0.3 is 0 Å². The molecule has 1 aromatic carbocycles. The molecule has 0 amide bonds. The van der Waals surface area contributed by atoms with E-state index in [0.29, 0.717) is 26.4 Å². The quantitative estimate of drug-likeness (QED) is 0.291. The lowest BCUT2D eigenvalue weighted by Crippen LogP contribution is -2.08. The average Bonchev–Trinajstić information content (AvgIpc) is 2.69. The summed E-state index contributed by atoms with van der Waals surface area (Å²) in [6.07, 6.45) is 6.91. The number of benzene rings is 1. The van der Waals surface area contributed by atoms with Crippen LogP contribution >= 0.6 is 0 Å². The minimum atomic E-state index is 0.537. The Morgan fingerprint density at radius 2 is 1.30 bits per heavy atom. The van der Waals surface area contributed by atoms with E-state index in [0.717, 1.165) is 54.7 Å². The fourth-order valence-corrected chi connectivity index (χ4v) is 2.31. The lowest BCUT2D eigenvalue weighted by atomic mass is 10.0. The summed E-state index contributed by atoms with van der Waals surface area (Å²) < 4.78 is 22.1. The first-order chi connectivity index (χ1) is 13.2. The second-order valence-electron chi connectivity index (χ2n) is 6.50. The number of hydrogen-bond donors (Lipinski definition) is 0. The molecule has 0 atom stereocenters. The van der Waals surface area contributed by atoms with Gasteiger partial charge in [-0.05, 0) is 55.0 Å². The normalized spacial score (nSPS) is 12.3. The van der Waals surface area contributed by atoms with Crippen LogP contribution in [0.1, 0.15) is 58.1 Å². The molecule has 0 saturated carbocycles. The van der Waals surface area contributed by atoms with Gasteiger partial charge < -0.3 is 18.9 Å². The molecule has 1 rings (SSSR count). The highest BCUT2D eigenvalue weighted by atomic mass is 16.5. The van der Waals surface area contributed by atoms with Gasteiger partial charge in [0.2, 0.25) is 0 Å². The predicted octanol–water partition coefficient (Wildman–Crippen LogP) is 5.68. The summed E-state index contributed by atoms with van der Waals surface area (Å²) in [6.45, 7) is 12.3. The molecule has 0 N–H and O–H groups in total. The van der Waals surface area contributed by atoms with E-state index in [9.17, 15) is 0 Å². The fraction of sp³-hybridized carbons (Fsp3) is 0.565. The molecule has 0 saturated heterocycles. The van der Waals surface area contributed by atoms with E-state index < -0.39 is 0 Å². The first-order valence-electron chi connectivity index (χ1n) is 10.0. The maximum Gasteiger partial charge on any atom is 0.111 e. The predicted molar refractivity (Wildman–Crippen MR) is 112 cm³/mol. The third-order valence-electron chi connectivity index (χ3n) is 3.98. The topological polar surface area (TPSA) is 36.9 Å². The molecular weight excluding hydrogens is 340 g/mol. The van der Waals surface area contributed by atoms with E-state index in [1.807, 2.05) is 13.2 Å². The van der Waals surface area contributed by atoms with Crippen LogP contribution in [-0.2, 0) is 18.9 Å². The van der Waals surface area contributed by atoms with Crippen LogP contribution in [0.15, 0.2) is 36.8 Å². The van der Waals surface area contributed by atoms with Gasteiger partial charge in [0.15, 0.2) is 0 Å². The fourth-order valence-electron chi connectivity index (χ4n) is 2.31. The Hall–Kier alpha value is -1.78. The second-order valence-corrected chi connectivity index (χ2v) is 6.50. The zero-order valence-electron chi connectivity index (χ0n) is 17.5. The highest BCUT2D eigenvalue weighted by Gasteiger charge is 2.01. The summed E-state index contributed by atoms with van der Waals surface area (Å²) >= 11 is 0. The van der Waals surface area contributed by atoms with E-state index >= 15 is 0 Å². The highest BCUT2D eigenvalue weighted by molar-refractivity contribution is 5.70. The number of rotatable bonds is 15. The van der Waals surface area contributed by atoms with Crippen molar-refractivity contribution in [2.24, 2.45) is 0 Å². The van der Waals surface area contributed by atoms with Crippen molar-refractivity contribution in [3.8, 4) is 0 Å². The maximum atomic E-state index is 5.61. The Bertz CT molecular complexity index is 563. The largest absolute Gasteiger partial charge is 0.501 e. The molecule has 0 unspecified atom stereocenters. The smallest absolute Gasteiger partial charge is 0.111 e. The standard InChI is InChI=1S/C23H36O4/c1-5-7-12-24-13-14-25-15-16-27-19-21(4)23-10-8-9-22(17-23)20(3)18-26-11-6-2/h8-10,17-19H,5-7,11-16H2,1-4H3/b20-18+,21-19+. The van der Waals surface area contributed by atoms with Crippen molar-refractivity contribution < 1.29 is 18.9 Å². The average molecular weight is 377 g/mol. The highest BCUT2D eigenvalue weighted by Crippen LogP contribution is 2.20. The molecule has 0 aliphatic heterocycles. The Labute approximate surface area is 165 Å². The molecule has 0 aromatic heterocycles. The molecule has 0 aliphatic rings. The van der Waals surface area contributed by atoms with Gasteiger partial charge in [-0.2, -0.15) is 0 Å². The first kappa shape index (κ1) is 23.3. The molecule has 0 bridgehead atoms. The van der Waals surface area contributed by atoms with Crippen LogP contribution in [0.3, 0.4) is 0 Å². The van der Waals surface area contributed by atoms with Gasteiger partial charge in [0, 0.05) is 6.61 Å². The van der Waals surface area contributed by atoms with Crippen LogP contribution in [0, 0.1) is 0 Å². The van der Waals surface area contributed by atoms with E-state index in [-0.39, 0.29) is 0 Å². The number of unbranched alkanes of at least 4 members (excludes halogenated alkanes) is 1. The summed E-state index contributed by atoms with van der Waals surface area (Å²) in [4.78, 5) is 0. The Kier molecular flexibility index (Phi) is 13.2. The van der Waals surface area contributed by atoms with E-state index in [1.54, 1.807) is 6.26 Å². The minimum absolute atomic E-state index is 0.537. The van der Waals surface area contributed by atoms with Crippen LogP contribution in [0.4, 0.5) is 0 Å². The third kappa shape index (κ3) is 10.8. The van der Waals surface area contributed by atoms with Crippen LogP contribution < -0.4 is 0 Å². The Balaban J connectivity index is 2.33. The molecule has 0 heterocycles. The van der Waals surface area contributed by atoms with Gasteiger partial charge in [-0.25, -0.2) is 0 Å². The van der Waals surface area contributed by atoms with Crippen molar-refractivity contribution in [3.05, 3.63) is 47.9 Å². The summed E-state index contributed by atoms with van der Waals surface area (Å²) in [7, 11) is 0. The summed E-state index contributed by atoms with van der Waals surface area (Å²) in [5.74, 6) is 0. The van der Waals surface area contributed by atoms with Crippen LogP contribution in [0.2, 0.25) is 0 Å². The van der Waals surface area contributed by atoms with Crippen molar-refractivity contribution in [1.82, 2.24) is 0 Å². The van der Waals surface area contributed by atoms with Gasteiger partial charge in [0.25, 0.3) is 0 Å². The molecule has 0 radical (unpaired) electrons. The second kappa shape index (κ2) is 15.3. The molecule has 152 valence electrons. The Morgan fingerprint density at radius 1 is 0.741 bits per heavy atom. The van der Waals surface area contributed by atoms with Gasteiger partial charge in [-0.15, -0.1) is 0 Å². The number of allylic oxidation sites excluding steroid dienone is 2. The Morgan fingerprint density at radius 3 is 1.89 bits per heavy atom. The van der Waals surface area contributed by atoms with E-state index in [4.69, 9.17) is 18.9 Å². The van der Waals surface area contributed by atoms with Crippen molar-refractivity contribution >= 4 is 11.1 Å². The molecule has 4 heteroatoms. The van der Waals surface area contributed by atoms with Gasteiger partial charge in [-0.1, -0.05) is 38.5 Å². The van der Waals surface area contributed by atoms with Gasteiger partial charge in [0.05, 0.1) is 39.0 Å². The summed E-state index contributed by atoms with van der Waals surface area (Å²) in [5.41, 5.74) is 4.50. The van der Waals surface area contributed by atoms with Crippen molar-refractivity contribution in [3.63, 3.8) is 0 Å². The molecular formula is C23H36O4.